The third-order valence-corrected chi connectivity index (χ3v) is 7.48. The molecule has 1 amide bonds. The third-order valence-electron chi connectivity index (χ3n) is 5.06. The molecule has 10 nitrogen and oxygen atoms in total. The first-order valence-corrected chi connectivity index (χ1v) is 11.8. The number of sulfonamides is 1. The van der Waals surface area contributed by atoms with Crippen LogP contribution in [0.5, 0.6) is 0 Å². The molecule has 178 valence electrons. The lowest BCUT2D eigenvalue weighted by Gasteiger charge is -2.15. The Morgan fingerprint density at radius 3 is 2.52 bits per heavy atom. The number of hydrogen-bond acceptors (Lipinski definition) is 7. The van der Waals surface area contributed by atoms with Gasteiger partial charge in [0.1, 0.15) is 23.9 Å². The average Bonchev–Trinajstić information content (AvgIpc) is 3.41. The summed E-state index contributed by atoms with van der Waals surface area (Å²) in [6, 6.07) is 0.447. The Bertz CT molecular complexity index is 1400. The van der Waals surface area contributed by atoms with Crippen LogP contribution in [0.2, 0.25) is 0 Å². The molecule has 0 saturated heterocycles. The zero-order valence-electron chi connectivity index (χ0n) is 16.5. The first-order valence-electron chi connectivity index (χ1n) is 9.46. The number of nitrogens with one attached hydrogen (secondary N) is 1. The molecule has 0 spiro atoms. The van der Waals surface area contributed by atoms with Gasteiger partial charge in [0.25, 0.3) is 6.43 Å². The number of nitrogens with two attached hydrogens (primary N) is 1. The van der Waals surface area contributed by atoms with Gasteiger partial charge in [0, 0.05) is 6.07 Å². The van der Waals surface area contributed by atoms with Gasteiger partial charge in [-0.3, -0.25) is 9.36 Å². The van der Waals surface area contributed by atoms with Crippen molar-refractivity contribution in [1.29, 1.82) is 0 Å². The number of nitrogens with zero attached hydrogens (tertiary/aromatic N) is 4. The topological polar surface area (TPSA) is 142 Å². The maximum Gasteiger partial charge on any atom is 0.336 e. The van der Waals surface area contributed by atoms with Crippen LogP contribution >= 0.6 is 11.3 Å². The van der Waals surface area contributed by atoms with E-state index in [1.165, 1.54) is 0 Å². The van der Waals surface area contributed by atoms with E-state index in [2.05, 4.69) is 14.9 Å². The minimum Gasteiger partial charge on any atom is -0.368 e. The third kappa shape index (κ3) is 4.37. The zero-order valence-corrected chi connectivity index (χ0v) is 18.2. The molecule has 3 N–H and O–H groups in total. The van der Waals surface area contributed by atoms with Crippen molar-refractivity contribution >= 4 is 38.3 Å². The van der Waals surface area contributed by atoms with Crippen LogP contribution in [0.15, 0.2) is 21.8 Å². The van der Waals surface area contributed by atoms with Crippen LogP contribution in [0, 0.1) is 11.7 Å². The molecular formula is C17H16F4N6O4S2. The monoisotopic (exact) mass is 508 g/mol. The van der Waals surface area contributed by atoms with Crippen molar-refractivity contribution in [2.24, 2.45) is 11.7 Å². The lowest BCUT2D eigenvalue weighted by atomic mass is 10.2. The molecule has 33 heavy (non-hydrogen) atoms. The first-order chi connectivity index (χ1) is 15.5. The van der Waals surface area contributed by atoms with Crippen LogP contribution in [0.4, 0.5) is 17.6 Å². The number of halogens is 4. The van der Waals surface area contributed by atoms with Gasteiger partial charge in [-0.15, -0.1) is 10.2 Å². The van der Waals surface area contributed by atoms with E-state index in [4.69, 9.17) is 5.73 Å². The molecule has 1 saturated carbocycles. The van der Waals surface area contributed by atoms with E-state index in [1.807, 2.05) is 0 Å². The minimum atomic E-state index is -4.57. The van der Waals surface area contributed by atoms with Crippen LogP contribution in [0.25, 0.3) is 16.2 Å². The summed E-state index contributed by atoms with van der Waals surface area (Å²) < 4.78 is 83.3. The van der Waals surface area contributed by atoms with E-state index in [0.29, 0.717) is 30.2 Å². The maximum atomic E-state index is 14.9. The standard InChI is InChI=1S/C17H16F4N6O4S2/c18-5-9(7-1-2-7)25-33(30,31)12-4-11-10(3-8(12)19)26(6-13(22)28)17(29)27(11)16-24-23-15(32-16)14(20)21/h3-4,7,9,14,25H,1-2,5-6H2,(H2,22,28). The van der Waals surface area contributed by atoms with E-state index < -0.39 is 63.0 Å². The smallest absolute Gasteiger partial charge is 0.336 e. The molecule has 3 aromatic rings. The Morgan fingerprint density at radius 2 is 1.97 bits per heavy atom. The summed E-state index contributed by atoms with van der Waals surface area (Å²) in [4.78, 5) is 23.5. The maximum absolute atomic E-state index is 14.9. The van der Waals surface area contributed by atoms with Crippen molar-refractivity contribution in [3.8, 4) is 5.13 Å². The summed E-state index contributed by atoms with van der Waals surface area (Å²) in [6.07, 6.45) is -1.74. The molecule has 0 radical (unpaired) electrons. The van der Waals surface area contributed by atoms with E-state index in [-0.39, 0.29) is 22.1 Å². The Hall–Kier alpha value is -2.85. The highest BCUT2D eigenvalue weighted by molar-refractivity contribution is 7.89. The van der Waals surface area contributed by atoms with Gasteiger partial charge in [0.2, 0.25) is 21.1 Å². The Balaban J connectivity index is 1.92. The molecule has 1 unspecified atom stereocenters. The molecule has 1 aromatic carbocycles. The number of amides is 1. The molecular weight excluding hydrogens is 492 g/mol. The van der Waals surface area contributed by atoms with E-state index >= 15 is 0 Å². The highest BCUT2D eigenvalue weighted by Crippen LogP contribution is 2.34. The van der Waals surface area contributed by atoms with E-state index in [9.17, 15) is 35.6 Å². The normalized spacial score (nSPS) is 15.4. The van der Waals surface area contributed by atoms with Crippen LogP contribution in [-0.4, -0.2) is 46.4 Å². The molecule has 1 fully saturated rings. The predicted molar refractivity (Wildman–Crippen MR) is 108 cm³/mol. The molecule has 2 aromatic heterocycles. The molecule has 1 atom stereocenters. The van der Waals surface area contributed by atoms with Crippen LogP contribution in [-0.2, 0) is 21.4 Å². The number of fused-ring (bicyclic) bond motifs is 1. The second-order valence-electron chi connectivity index (χ2n) is 7.38. The number of carbonyl (C=O) groups is 1. The molecule has 1 aliphatic carbocycles. The first kappa shape index (κ1) is 23.3. The van der Waals surface area contributed by atoms with Gasteiger partial charge in [0.05, 0.1) is 17.1 Å². The fourth-order valence-corrected chi connectivity index (χ4v) is 5.44. The van der Waals surface area contributed by atoms with Crippen molar-refractivity contribution < 1.29 is 30.8 Å². The number of rotatable bonds is 9. The number of aromatic nitrogens is 4. The average molecular weight is 508 g/mol. The quantitative estimate of drug-likeness (QED) is 0.417. The van der Waals surface area contributed by atoms with Crippen molar-refractivity contribution in [3.63, 3.8) is 0 Å². The second-order valence-corrected chi connectivity index (χ2v) is 10.1. The number of primary amides is 1. The van der Waals surface area contributed by atoms with Crippen LogP contribution in [0.1, 0.15) is 24.3 Å². The van der Waals surface area contributed by atoms with Gasteiger partial charge >= 0.3 is 5.69 Å². The number of imidazole rings is 1. The minimum absolute atomic E-state index is 0.208. The molecule has 0 bridgehead atoms. The number of hydrogen-bond donors (Lipinski definition) is 2. The summed E-state index contributed by atoms with van der Waals surface area (Å²) in [5.74, 6) is -2.44. The Morgan fingerprint density at radius 1 is 1.27 bits per heavy atom. The predicted octanol–water partition coefficient (Wildman–Crippen LogP) is 1.23. The summed E-state index contributed by atoms with van der Waals surface area (Å²) in [7, 11) is -4.57. The zero-order chi connectivity index (χ0) is 24.1. The van der Waals surface area contributed by atoms with Gasteiger partial charge in [-0.2, -0.15) is 0 Å². The van der Waals surface area contributed by atoms with Crippen LogP contribution < -0.4 is 16.1 Å². The fourth-order valence-electron chi connectivity index (χ4n) is 3.37. The molecule has 2 heterocycles. The van der Waals surface area contributed by atoms with Gasteiger partial charge in [0.15, 0.2) is 5.01 Å². The SMILES string of the molecule is NC(=O)Cn1c(=O)n(-c2nnc(C(F)F)s2)c2cc(S(=O)(=O)NC(CF)C3CC3)c(F)cc21. The molecule has 16 heteroatoms. The number of benzene rings is 1. The molecule has 0 aliphatic heterocycles. The molecule has 1 aliphatic rings. The Kier molecular flexibility index (Phi) is 6.00. The fraction of sp³-hybridized carbons (Fsp3) is 0.412. The Labute approximate surface area is 187 Å². The van der Waals surface area contributed by atoms with Gasteiger partial charge in [-0.1, -0.05) is 11.3 Å². The second kappa shape index (κ2) is 8.49. The number of alkyl halides is 3. The van der Waals surface area contributed by atoms with Crippen LogP contribution in [0.3, 0.4) is 0 Å². The lowest BCUT2D eigenvalue weighted by Crippen LogP contribution is -2.38. The van der Waals surface area contributed by atoms with Crippen molar-refractivity contribution in [1.82, 2.24) is 24.1 Å². The van der Waals surface area contributed by atoms with E-state index in [1.54, 1.807) is 0 Å². The van der Waals surface area contributed by atoms with E-state index in [0.717, 1.165) is 15.2 Å². The summed E-state index contributed by atoms with van der Waals surface area (Å²) in [5, 5.41) is 5.76. The van der Waals surface area contributed by atoms with Gasteiger partial charge < -0.3 is 5.73 Å². The number of carbonyl (C=O) groups excluding carboxylic acids is 1. The summed E-state index contributed by atoms with van der Waals surface area (Å²) in [6.45, 7) is -1.69. The van der Waals surface area contributed by atoms with Crippen molar-refractivity contribution in [2.45, 2.75) is 36.7 Å². The highest BCUT2D eigenvalue weighted by Gasteiger charge is 2.35. The largest absolute Gasteiger partial charge is 0.368 e. The summed E-state index contributed by atoms with van der Waals surface area (Å²) in [5.41, 5.74) is 3.68. The van der Waals surface area contributed by atoms with Gasteiger partial charge in [-0.05, 0) is 24.8 Å². The summed E-state index contributed by atoms with van der Waals surface area (Å²) >= 11 is 0.352. The lowest BCUT2D eigenvalue weighted by molar-refractivity contribution is -0.118. The highest BCUT2D eigenvalue weighted by atomic mass is 32.2. The van der Waals surface area contributed by atoms with Crippen molar-refractivity contribution in [2.75, 3.05) is 6.67 Å². The van der Waals surface area contributed by atoms with Gasteiger partial charge in [-0.25, -0.2) is 40.1 Å². The molecule has 4 rings (SSSR count). The van der Waals surface area contributed by atoms with Crippen molar-refractivity contribution in [3.05, 3.63) is 33.4 Å².